The smallest absolute Gasteiger partial charge is 0.122 e. The molecule has 0 saturated heterocycles. The normalized spacial score (nSPS) is 10.0. The summed E-state index contributed by atoms with van der Waals surface area (Å²) in [6.45, 7) is 4.77. The van der Waals surface area contributed by atoms with Crippen molar-refractivity contribution in [1.82, 2.24) is 0 Å². The molecule has 0 atom stereocenters. The first-order chi connectivity index (χ1) is 7.09. The summed E-state index contributed by atoms with van der Waals surface area (Å²) in [6, 6.07) is 6.20. The van der Waals surface area contributed by atoms with E-state index in [1.165, 1.54) is 5.56 Å². The van der Waals surface area contributed by atoms with E-state index in [9.17, 15) is 0 Å². The lowest BCUT2D eigenvalue weighted by atomic mass is 10.1. The van der Waals surface area contributed by atoms with Gasteiger partial charge in [-0.3, -0.25) is 0 Å². The van der Waals surface area contributed by atoms with Gasteiger partial charge in [-0.25, -0.2) is 0 Å². The topological polar surface area (TPSA) is 35.2 Å². The molecule has 0 aromatic heterocycles. The van der Waals surface area contributed by atoms with Crippen LogP contribution in [-0.2, 0) is 0 Å². The van der Waals surface area contributed by atoms with E-state index in [-0.39, 0.29) is 0 Å². The Kier molecular flexibility index (Phi) is 4.56. The molecule has 0 radical (unpaired) electrons. The maximum absolute atomic E-state index is 5.65. The third-order valence-corrected chi connectivity index (χ3v) is 2.37. The van der Waals surface area contributed by atoms with Crippen LogP contribution in [0.15, 0.2) is 18.2 Å². The molecule has 2 nitrogen and oxygen atoms in total. The lowest BCUT2D eigenvalue weighted by molar-refractivity contribution is 0.311. The largest absolute Gasteiger partial charge is 0.493 e. The summed E-state index contributed by atoms with van der Waals surface area (Å²) < 4.78 is 5.65. The number of benzene rings is 1. The predicted molar refractivity (Wildman–Crippen MR) is 67.4 cm³/mol. The molecule has 0 saturated carbocycles. The zero-order valence-electron chi connectivity index (χ0n) is 9.25. The SMILES string of the molecule is Cc1ccc(C)c(OCCCC(N)=S)c1. The van der Waals surface area contributed by atoms with Crippen molar-refractivity contribution in [2.45, 2.75) is 26.7 Å². The molecule has 1 aromatic rings. The van der Waals surface area contributed by atoms with Gasteiger partial charge in [0.2, 0.25) is 0 Å². The van der Waals surface area contributed by atoms with Gasteiger partial charge < -0.3 is 10.5 Å². The number of thiocarbonyl (C=S) groups is 1. The van der Waals surface area contributed by atoms with Crippen LogP contribution in [0, 0.1) is 13.8 Å². The van der Waals surface area contributed by atoms with E-state index in [0.29, 0.717) is 11.6 Å². The summed E-state index contributed by atoms with van der Waals surface area (Å²) in [4.78, 5) is 0.555. The molecule has 0 amide bonds. The van der Waals surface area contributed by atoms with Crippen LogP contribution in [0.1, 0.15) is 24.0 Å². The average Bonchev–Trinajstić information content (AvgIpc) is 2.17. The zero-order chi connectivity index (χ0) is 11.3. The summed E-state index contributed by atoms with van der Waals surface area (Å²) in [7, 11) is 0. The molecule has 0 heterocycles. The second-order valence-corrected chi connectivity index (χ2v) is 4.21. The van der Waals surface area contributed by atoms with Crippen LogP contribution in [0.3, 0.4) is 0 Å². The third kappa shape index (κ3) is 4.30. The second-order valence-electron chi connectivity index (χ2n) is 3.69. The number of hydrogen-bond acceptors (Lipinski definition) is 2. The van der Waals surface area contributed by atoms with Gasteiger partial charge in [0, 0.05) is 6.42 Å². The van der Waals surface area contributed by atoms with Gasteiger partial charge in [-0.15, -0.1) is 0 Å². The molecule has 0 spiro atoms. The quantitative estimate of drug-likeness (QED) is 0.616. The summed E-state index contributed by atoms with van der Waals surface area (Å²) >= 11 is 4.79. The fraction of sp³-hybridized carbons (Fsp3) is 0.417. The van der Waals surface area contributed by atoms with Gasteiger partial charge in [0.25, 0.3) is 0 Å². The van der Waals surface area contributed by atoms with Crippen molar-refractivity contribution in [2.24, 2.45) is 5.73 Å². The van der Waals surface area contributed by atoms with Crippen LogP contribution in [-0.4, -0.2) is 11.6 Å². The van der Waals surface area contributed by atoms with Crippen molar-refractivity contribution in [1.29, 1.82) is 0 Å². The molecular formula is C12H17NOS. The Bertz CT molecular complexity index is 349. The fourth-order valence-corrected chi connectivity index (χ4v) is 1.44. The molecule has 15 heavy (non-hydrogen) atoms. The lowest BCUT2D eigenvalue weighted by Crippen LogP contribution is -2.09. The van der Waals surface area contributed by atoms with Gasteiger partial charge in [-0.05, 0) is 37.5 Å². The molecule has 0 fully saturated rings. The molecule has 82 valence electrons. The first-order valence-corrected chi connectivity index (χ1v) is 5.49. The first kappa shape index (κ1) is 12.0. The monoisotopic (exact) mass is 223 g/mol. The van der Waals surface area contributed by atoms with Gasteiger partial charge in [0.1, 0.15) is 5.75 Å². The zero-order valence-corrected chi connectivity index (χ0v) is 10.1. The fourth-order valence-electron chi connectivity index (χ4n) is 1.29. The van der Waals surface area contributed by atoms with Gasteiger partial charge in [0.15, 0.2) is 0 Å². The molecule has 1 rings (SSSR count). The van der Waals surface area contributed by atoms with Crippen LogP contribution in [0.25, 0.3) is 0 Å². The summed E-state index contributed by atoms with van der Waals surface area (Å²) in [6.07, 6.45) is 1.63. The molecule has 1 aromatic carbocycles. The maximum Gasteiger partial charge on any atom is 0.122 e. The van der Waals surface area contributed by atoms with Crippen LogP contribution in [0.2, 0.25) is 0 Å². The molecule has 3 heteroatoms. The van der Waals surface area contributed by atoms with E-state index in [2.05, 4.69) is 25.1 Å². The Morgan fingerprint density at radius 3 is 2.80 bits per heavy atom. The predicted octanol–water partition coefficient (Wildman–Crippen LogP) is 2.75. The van der Waals surface area contributed by atoms with Gasteiger partial charge in [-0.1, -0.05) is 24.4 Å². The van der Waals surface area contributed by atoms with Crippen LogP contribution in [0.5, 0.6) is 5.75 Å². The van der Waals surface area contributed by atoms with Gasteiger partial charge in [0.05, 0.1) is 11.6 Å². The number of nitrogens with two attached hydrogens (primary N) is 1. The maximum atomic E-state index is 5.65. The molecular weight excluding hydrogens is 206 g/mol. The third-order valence-electron chi connectivity index (χ3n) is 2.17. The molecule has 0 bridgehead atoms. The number of rotatable bonds is 5. The summed E-state index contributed by atoms with van der Waals surface area (Å²) in [5.41, 5.74) is 7.78. The first-order valence-electron chi connectivity index (χ1n) is 5.08. The Labute approximate surface area is 96.4 Å². The Morgan fingerprint density at radius 2 is 2.13 bits per heavy atom. The van der Waals surface area contributed by atoms with Crippen molar-refractivity contribution < 1.29 is 4.74 Å². The minimum atomic E-state index is 0.555. The van der Waals surface area contributed by atoms with Crippen LogP contribution in [0.4, 0.5) is 0 Å². The minimum Gasteiger partial charge on any atom is -0.493 e. The standard InChI is InChI=1S/C12H17NOS/c1-9-5-6-10(2)11(8-9)14-7-3-4-12(13)15/h5-6,8H,3-4,7H2,1-2H3,(H2,13,15). The van der Waals surface area contributed by atoms with Gasteiger partial charge >= 0.3 is 0 Å². The molecule has 0 aliphatic rings. The van der Waals surface area contributed by atoms with Crippen molar-refractivity contribution in [3.05, 3.63) is 29.3 Å². The van der Waals surface area contributed by atoms with Crippen molar-refractivity contribution in [3.63, 3.8) is 0 Å². The van der Waals surface area contributed by atoms with Crippen molar-refractivity contribution in [3.8, 4) is 5.75 Å². The summed E-state index contributed by atoms with van der Waals surface area (Å²) in [5, 5.41) is 0. The Hall–Kier alpha value is -1.09. The Balaban J connectivity index is 2.43. The lowest BCUT2D eigenvalue weighted by Gasteiger charge is -2.09. The Morgan fingerprint density at radius 1 is 1.40 bits per heavy atom. The molecule has 0 aliphatic carbocycles. The van der Waals surface area contributed by atoms with Crippen LogP contribution >= 0.6 is 12.2 Å². The highest BCUT2D eigenvalue weighted by Crippen LogP contribution is 2.19. The molecule has 0 unspecified atom stereocenters. The highest BCUT2D eigenvalue weighted by Gasteiger charge is 1.99. The summed E-state index contributed by atoms with van der Waals surface area (Å²) in [5.74, 6) is 0.956. The van der Waals surface area contributed by atoms with E-state index >= 15 is 0 Å². The second kappa shape index (κ2) is 5.71. The number of ether oxygens (including phenoxy) is 1. The van der Waals surface area contributed by atoms with E-state index in [4.69, 9.17) is 22.7 Å². The van der Waals surface area contributed by atoms with Crippen LogP contribution < -0.4 is 10.5 Å². The average molecular weight is 223 g/mol. The minimum absolute atomic E-state index is 0.555. The molecule has 0 aliphatic heterocycles. The van der Waals surface area contributed by atoms with Crippen molar-refractivity contribution in [2.75, 3.05) is 6.61 Å². The van der Waals surface area contributed by atoms with Crippen molar-refractivity contribution >= 4 is 17.2 Å². The molecule has 2 N–H and O–H groups in total. The highest BCUT2D eigenvalue weighted by molar-refractivity contribution is 7.80. The van der Waals surface area contributed by atoms with E-state index in [1.807, 2.05) is 6.92 Å². The number of hydrogen-bond donors (Lipinski definition) is 1. The van der Waals surface area contributed by atoms with E-state index in [0.717, 1.165) is 24.2 Å². The van der Waals surface area contributed by atoms with E-state index in [1.54, 1.807) is 0 Å². The number of aryl methyl sites for hydroxylation is 2. The van der Waals surface area contributed by atoms with Gasteiger partial charge in [-0.2, -0.15) is 0 Å². The highest BCUT2D eigenvalue weighted by atomic mass is 32.1. The van der Waals surface area contributed by atoms with E-state index < -0.39 is 0 Å².